The fourth-order valence-corrected chi connectivity index (χ4v) is 2.35. The summed E-state index contributed by atoms with van der Waals surface area (Å²) >= 11 is 0. The smallest absolute Gasteiger partial charge is 0.343 e. The van der Waals surface area contributed by atoms with E-state index in [1.165, 1.54) is 10.6 Å². The molecule has 0 aromatic carbocycles. The summed E-state index contributed by atoms with van der Waals surface area (Å²) < 4.78 is 6.14. The van der Waals surface area contributed by atoms with E-state index in [1.807, 2.05) is 0 Å². The summed E-state index contributed by atoms with van der Waals surface area (Å²) in [6, 6.07) is 5.10. The van der Waals surface area contributed by atoms with Crippen LogP contribution in [0, 0.1) is 0 Å². The number of ether oxygens (including phenoxy) is 1. The molecule has 1 aliphatic rings. The van der Waals surface area contributed by atoms with E-state index in [1.54, 1.807) is 25.3 Å². The molecule has 0 saturated heterocycles. The first-order valence-corrected chi connectivity index (χ1v) is 7.55. The molecule has 0 aliphatic heterocycles. The number of fused-ring (bicyclic) bond motifs is 1. The van der Waals surface area contributed by atoms with Crippen molar-refractivity contribution in [2.75, 3.05) is 6.61 Å². The van der Waals surface area contributed by atoms with Crippen LogP contribution in [0.1, 0.15) is 30.1 Å². The molecule has 0 radical (unpaired) electrons. The second-order valence-corrected chi connectivity index (χ2v) is 5.43. The molecule has 1 N–H and O–H groups in total. The van der Waals surface area contributed by atoms with E-state index in [0.29, 0.717) is 11.0 Å². The number of carbonyl (C=O) groups excluding carboxylic acids is 2. The van der Waals surface area contributed by atoms with Crippen LogP contribution in [0.2, 0.25) is 0 Å². The Bertz CT molecular complexity index is 824. The molecule has 7 nitrogen and oxygen atoms in total. The molecule has 7 heteroatoms. The van der Waals surface area contributed by atoms with Crippen LogP contribution in [-0.4, -0.2) is 34.1 Å². The van der Waals surface area contributed by atoms with Gasteiger partial charge < -0.3 is 10.1 Å². The van der Waals surface area contributed by atoms with E-state index in [-0.39, 0.29) is 30.7 Å². The number of carbonyl (C=O) groups is 2. The van der Waals surface area contributed by atoms with Crippen LogP contribution in [-0.2, 0) is 16.1 Å². The van der Waals surface area contributed by atoms with Gasteiger partial charge in [-0.2, -0.15) is 0 Å². The Kier molecular flexibility index (Phi) is 4.10. The van der Waals surface area contributed by atoms with Crippen molar-refractivity contribution >= 4 is 22.9 Å². The maximum Gasteiger partial charge on any atom is 0.343 e. The third kappa shape index (κ3) is 3.23. The maximum absolute atomic E-state index is 12.6. The van der Waals surface area contributed by atoms with Gasteiger partial charge in [0, 0.05) is 17.6 Å². The highest BCUT2D eigenvalue weighted by Gasteiger charge is 2.24. The Morgan fingerprint density at radius 2 is 2.22 bits per heavy atom. The van der Waals surface area contributed by atoms with Gasteiger partial charge in [0.2, 0.25) is 5.91 Å². The van der Waals surface area contributed by atoms with Gasteiger partial charge in [-0.25, -0.2) is 9.78 Å². The van der Waals surface area contributed by atoms with Gasteiger partial charge in [0.15, 0.2) is 0 Å². The number of hydrogen-bond acceptors (Lipinski definition) is 5. The quantitative estimate of drug-likeness (QED) is 0.826. The maximum atomic E-state index is 12.6. The zero-order chi connectivity index (χ0) is 16.4. The van der Waals surface area contributed by atoms with E-state index in [0.717, 1.165) is 12.8 Å². The van der Waals surface area contributed by atoms with Gasteiger partial charge in [-0.1, -0.05) is 0 Å². The third-order valence-electron chi connectivity index (χ3n) is 3.59. The van der Waals surface area contributed by atoms with Crippen LogP contribution in [0.4, 0.5) is 0 Å². The zero-order valence-electron chi connectivity index (χ0n) is 12.7. The average molecular weight is 315 g/mol. The molecule has 1 fully saturated rings. The van der Waals surface area contributed by atoms with E-state index >= 15 is 0 Å². The third-order valence-corrected chi connectivity index (χ3v) is 3.59. The normalized spacial score (nSPS) is 13.8. The minimum absolute atomic E-state index is 0.0911. The molecule has 0 bridgehead atoms. The minimum Gasteiger partial charge on any atom is -0.462 e. The summed E-state index contributed by atoms with van der Waals surface area (Å²) in [6.07, 6.45) is 3.46. The van der Waals surface area contributed by atoms with Gasteiger partial charge in [0.25, 0.3) is 5.56 Å². The van der Waals surface area contributed by atoms with Crippen molar-refractivity contribution in [3.05, 3.63) is 40.3 Å². The summed E-state index contributed by atoms with van der Waals surface area (Å²) in [5, 5.41) is 3.43. The molecule has 120 valence electrons. The first-order valence-electron chi connectivity index (χ1n) is 7.55. The Labute approximate surface area is 132 Å². The predicted octanol–water partition coefficient (Wildman–Crippen LogP) is 0.852. The monoisotopic (exact) mass is 315 g/mol. The van der Waals surface area contributed by atoms with E-state index in [9.17, 15) is 14.4 Å². The first kappa shape index (κ1) is 15.2. The molecular weight excluding hydrogens is 298 g/mol. The van der Waals surface area contributed by atoms with Crippen molar-refractivity contribution in [3.63, 3.8) is 0 Å². The molecule has 3 rings (SSSR count). The molecule has 1 amide bonds. The molecule has 0 unspecified atom stereocenters. The van der Waals surface area contributed by atoms with Crippen molar-refractivity contribution in [2.24, 2.45) is 0 Å². The Morgan fingerprint density at radius 1 is 1.43 bits per heavy atom. The molecule has 0 spiro atoms. The van der Waals surface area contributed by atoms with Crippen LogP contribution >= 0.6 is 0 Å². The molecule has 1 aliphatic carbocycles. The number of amides is 1. The van der Waals surface area contributed by atoms with Crippen LogP contribution < -0.4 is 10.9 Å². The topological polar surface area (TPSA) is 90.3 Å². The average Bonchev–Trinajstić information content (AvgIpc) is 3.34. The molecule has 2 aromatic heterocycles. The van der Waals surface area contributed by atoms with Crippen LogP contribution in [0.15, 0.2) is 29.2 Å². The number of nitrogens with one attached hydrogen (secondary N) is 1. The molecule has 2 heterocycles. The number of nitrogens with zero attached hydrogens (tertiary/aromatic N) is 2. The molecular formula is C16H17N3O4. The first-order chi connectivity index (χ1) is 11.1. The van der Waals surface area contributed by atoms with E-state index < -0.39 is 11.5 Å². The number of pyridine rings is 2. The van der Waals surface area contributed by atoms with Crippen LogP contribution in [0.25, 0.3) is 11.0 Å². The largest absolute Gasteiger partial charge is 0.462 e. The van der Waals surface area contributed by atoms with Crippen LogP contribution in [0.3, 0.4) is 0 Å². The van der Waals surface area contributed by atoms with E-state index in [2.05, 4.69) is 10.3 Å². The fourth-order valence-electron chi connectivity index (χ4n) is 2.35. The molecule has 23 heavy (non-hydrogen) atoms. The van der Waals surface area contributed by atoms with Crippen molar-refractivity contribution in [1.29, 1.82) is 0 Å². The summed E-state index contributed by atoms with van der Waals surface area (Å²) in [6.45, 7) is 1.67. The predicted molar refractivity (Wildman–Crippen MR) is 83.1 cm³/mol. The number of rotatable bonds is 5. The summed E-state index contributed by atoms with van der Waals surface area (Å²) in [5.41, 5.74) is -0.288. The van der Waals surface area contributed by atoms with Gasteiger partial charge in [0.05, 0.1) is 6.61 Å². The summed E-state index contributed by atoms with van der Waals surface area (Å²) in [7, 11) is 0. The van der Waals surface area contributed by atoms with Gasteiger partial charge in [-0.3, -0.25) is 14.2 Å². The lowest BCUT2D eigenvalue weighted by Gasteiger charge is -2.11. The van der Waals surface area contributed by atoms with Crippen molar-refractivity contribution < 1.29 is 14.3 Å². The summed E-state index contributed by atoms with van der Waals surface area (Å²) in [5.74, 6) is -0.956. The summed E-state index contributed by atoms with van der Waals surface area (Å²) in [4.78, 5) is 40.8. The number of aromatic nitrogens is 2. The lowest BCUT2D eigenvalue weighted by Crippen LogP contribution is -2.36. The van der Waals surface area contributed by atoms with Gasteiger partial charge in [-0.05, 0) is 38.0 Å². The second kappa shape index (κ2) is 6.20. The van der Waals surface area contributed by atoms with Gasteiger partial charge in [-0.15, -0.1) is 0 Å². The van der Waals surface area contributed by atoms with Crippen molar-refractivity contribution in [2.45, 2.75) is 32.4 Å². The second-order valence-electron chi connectivity index (χ2n) is 5.43. The fraction of sp³-hybridized carbons (Fsp3) is 0.375. The molecule has 2 aromatic rings. The van der Waals surface area contributed by atoms with Crippen molar-refractivity contribution in [1.82, 2.24) is 14.9 Å². The lowest BCUT2D eigenvalue weighted by atomic mass is 10.2. The lowest BCUT2D eigenvalue weighted by molar-refractivity contribution is -0.121. The van der Waals surface area contributed by atoms with Crippen LogP contribution in [0.5, 0.6) is 0 Å². The van der Waals surface area contributed by atoms with Gasteiger partial charge in [0.1, 0.15) is 17.8 Å². The standard InChI is InChI=1S/C16H17N3O4/c1-2-23-16(22)12-8-10-4-3-7-17-14(10)19(15(12)21)9-13(20)18-11-5-6-11/h3-4,7-8,11H,2,5-6,9H2,1H3,(H,18,20). The van der Waals surface area contributed by atoms with Gasteiger partial charge >= 0.3 is 5.97 Å². The highest BCUT2D eigenvalue weighted by Crippen LogP contribution is 2.18. The number of esters is 1. The van der Waals surface area contributed by atoms with E-state index in [4.69, 9.17) is 4.74 Å². The molecule has 0 atom stereocenters. The Morgan fingerprint density at radius 3 is 2.91 bits per heavy atom. The zero-order valence-corrected chi connectivity index (χ0v) is 12.7. The highest BCUT2D eigenvalue weighted by atomic mass is 16.5. The Balaban J connectivity index is 2.05. The SMILES string of the molecule is CCOC(=O)c1cc2cccnc2n(CC(=O)NC2CC2)c1=O. The Hall–Kier alpha value is -2.70. The van der Waals surface area contributed by atoms with Crippen molar-refractivity contribution in [3.8, 4) is 0 Å². The highest BCUT2D eigenvalue weighted by molar-refractivity contribution is 5.93. The minimum atomic E-state index is -0.695. The number of hydrogen-bond donors (Lipinski definition) is 1. The molecule has 1 saturated carbocycles.